The van der Waals surface area contributed by atoms with Gasteiger partial charge in [0, 0.05) is 11.8 Å². The lowest BCUT2D eigenvalue weighted by atomic mass is 10.1. The second-order valence-corrected chi connectivity index (χ2v) is 4.52. The number of rotatable bonds is 2. The number of nitrogens with zero attached hydrogens (tertiary/aromatic N) is 2. The summed E-state index contributed by atoms with van der Waals surface area (Å²) < 4.78 is 15.0. The molecule has 3 aromatic rings. The topological polar surface area (TPSA) is 17.8 Å². The normalized spacial score (nSPS) is 10.6. The SMILES string of the molecule is Cc1ccc(-n2cc(-c3cccc(F)c3)cn2)cc1. The molecule has 2 nitrogen and oxygen atoms in total. The molecule has 3 heteroatoms. The molecule has 0 atom stereocenters. The first-order valence-corrected chi connectivity index (χ1v) is 6.10. The highest BCUT2D eigenvalue weighted by Gasteiger charge is 2.04. The van der Waals surface area contributed by atoms with Gasteiger partial charge < -0.3 is 0 Å². The van der Waals surface area contributed by atoms with Crippen LogP contribution in [0, 0.1) is 12.7 Å². The first-order chi connectivity index (χ1) is 9.22. The van der Waals surface area contributed by atoms with Crippen molar-refractivity contribution in [2.24, 2.45) is 0 Å². The summed E-state index contributed by atoms with van der Waals surface area (Å²) in [5, 5.41) is 4.32. The van der Waals surface area contributed by atoms with E-state index in [9.17, 15) is 4.39 Å². The molecule has 19 heavy (non-hydrogen) atoms. The second kappa shape index (κ2) is 4.69. The van der Waals surface area contributed by atoms with Crippen molar-refractivity contribution in [3.63, 3.8) is 0 Å². The van der Waals surface area contributed by atoms with E-state index in [1.165, 1.54) is 17.7 Å². The van der Waals surface area contributed by atoms with Gasteiger partial charge in [0.05, 0.1) is 11.9 Å². The Bertz CT molecular complexity index is 699. The van der Waals surface area contributed by atoms with Crippen LogP contribution in [0.2, 0.25) is 0 Å². The average molecular weight is 252 g/mol. The minimum Gasteiger partial charge on any atom is -0.240 e. The van der Waals surface area contributed by atoms with E-state index in [2.05, 4.69) is 5.10 Å². The summed E-state index contributed by atoms with van der Waals surface area (Å²) >= 11 is 0. The zero-order valence-electron chi connectivity index (χ0n) is 10.5. The lowest BCUT2D eigenvalue weighted by Crippen LogP contribution is -1.93. The maximum Gasteiger partial charge on any atom is 0.123 e. The Labute approximate surface area is 111 Å². The largest absolute Gasteiger partial charge is 0.240 e. The summed E-state index contributed by atoms with van der Waals surface area (Å²) in [5.41, 5.74) is 3.94. The lowest BCUT2D eigenvalue weighted by molar-refractivity contribution is 0.628. The summed E-state index contributed by atoms with van der Waals surface area (Å²) in [7, 11) is 0. The van der Waals surface area contributed by atoms with Crippen LogP contribution >= 0.6 is 0 Å². The van der Waals surface area contributed by atoms with Gasteiger partial charge in [-0.05, 0) is 36.8 Å². The van der Waals surface area contributed by atoms with Gasteiger partial charge in [-0.1, -0.05) is 29.8 Å². The molecule has 0 saturated carbocycles. The molecule has 0 fully saturated rings. The Morgan fingerprint density at radius 1 is 1.00 bits per heavy atom. The van der Waals surface area contributed by atoms with Crippen LogP contribution in [-0.2, 0) is 0 Å². The number of halogens is 1. The number of aryl methyl sites for hydroxylation is 1. The van der Waals surface area contributed by atoms with Crippen molar-refractivity contribution < 1.29 is 4.39 Å². The molecule has 3 rings (SSSR count). The Morgan fingerprint density at radius 3 is 2.53 bits per heavy atom. The highest BCUT2D eigenvalue weighted by Crippen LogP contribution is 2.20. The minimum atomic E-state index is -0.236. The summed E-state index contributed by atoms with van der Waals surface area (Å²) in [6.45, 7) is 2.05. The Morgan fingerprint density at radius 2 is 1.79 bits per heavy atom. The molecular weight excluding hydrogens is 239 g/mol. The zero-order valence-corrected chi connectivity index (χ0v) is 10.5. The lowest BCUT2D eigenvalue weighted by Gasteiger charge is -2.01. The fraction of sp³-hybridized carbons (Fsp3) is 0.0625. The molecule has 0 radical (unpaired) electrons. The monoisotopic (exact) mass is 252 g/mol. The van der Waals surface area contributed by atoms with Crippen LogP contribution in [0.25, 0.3) is 16.8 Å². The molecule has 2 aromatic carbocycles. The quantitative estimate of drug-likeness (QED) is 0.674. The van der Waals surface area contributed by atoms with Crippen molar-refractivity contribution >= 4 is 0 Å². The van der Waals surface area contributed by atoms with Gasteiger partial charge in [-0.15, -0.1) is 0 Å². The fourth-order valence-corrected chi connectivity index (χ4v) is 1.98. The van der Waals surface area contributed by atoms with E-state index in [0.29, 0.717) is 0 Å². The van der Waals surface area contributed by atoms with Crippen molar-refractivity contribution in [2.75, 3.05) is 0 Å². The maximum absolute atomic E-state index is 13.2. The van der Waals surface area contributed by atoms with Crippen LogP contribution in [0.15, 0.2) is 60.9 Å². The van der Waals surface area contributed by atoms with Crippen LogP contribution in [0.3, 0.4) is 0 Å². The summed E-state index contributed by atoms with van der Waals surface area (Å²) in [6, 6.07) is 14.6. The van der Waals surface area contributed by atoms with Crippen molar-refractivity contribution in [1.29, 1.82) is 0 Å². The average Bonchev–Trinajstić information content (AvgIpc) is 2.89. The molecule has 0 amide bonds. The van der Waals surface area contributed by atoms with E-state index in [4.69, 9.17) is 0 Å². The second-order valence-electron chi connectivity index (χ2n) is 4.52. The third-order valence-corrected chi connectivity index (χ3v) is 3.04. The van der Waals surface area contributed by atoms with E-state index >= 15 is 0 Å². The summed E-state index contributed by atoms with van der Waals surface area (Å²) in [4.78, 5) is 0. The summed E-state index contributed by atoms with van der Waals surface area (Å²) in [5.74, 6) is -0.236. The number of hydrogen-bond donors (Lipinski definition) is 0. The minimum absolute atomic E-state index is 0.236. The molecule has 0 aliphatic heterocycles. The highest BCUT2D eigenvalue weighted by molar-refractivity contribution is 5.62. The van der Waals surface area contributed by atoms with Gasteiger partial charge in [0.15, 0.2) is 0 Å². The zero-order chi connectivity index (χ0) is 13.2. The van der Waals surface area contributed by atoms with Crippen molar-refractivity contribution in [3.8, 4) is 16.8 Å². The number of hydrogen-bond acceptors (Lipinski definition) is 1. The molecular formula is C16H13FN2. The molecule has 0 saturated heterocycles. The Balaban J connectivity index is 1.97. The van der Waals surface area contributed by atoms with Crippen molar-refractivity contribution in [3.05, 3.63) is 72.3 Å². The third-order valence-electron chi connectivity index (χ3n) is 3.04. The van der Waals surface area contributed by atoms with Crippen LogP contribution in [0.4, 0.5) is 4.39 Å². The van der Waals surface area contributed by atoms with Crippen LogP contribution < -0.4 is 0 Å². The van der Waals surface area contributed by atoms with Crippen molar-refractivity contribution in [1.82, 2.24) is 9.78 Å². The molecule has 94 valence electrons. The predicted molar refractivity (Wildman–Crippen MR) is 73.7 cm³/mol. The molecule has 1 heterocycles. The van der Waals surface area contributed by atoms with Crippen LogP contribution in [0.1, 0.15) is 5.56 Å². The molecule has 0 aliphatic carbocycles. The van der Waals surface area contributed by atoms with Gasteiger partial charge in [-0.25, -0.2) is 9.07 Å². The first-order valence-electron chi connectivity index (χ1n) is 6.10. The molecule has 0 unspecified atom stereocenters. The first kappa shape index (κ1) is 11.7. The van der Waals surface area contributed by atoms with Gasteiger partial charge >= 0.3 is 0 Å². The fourth-order valence-electron chi connectivity index (χ4n) is 1.98. The highest BCUT2D eigenvalue weighted by atomic mass is 19.1. The summed E-state index contributed by atoms with van der Waals surface area (Å²) in [6.07, 6.45) is 3.65. The van der Waals surface area contributed by atoms with Crippen LogP contribution in [0.5, 0.6) is 0 Å². The van der Waals surface area contributed by atoms with E-state index < -0.39 is 0 Å². The van der Waals surface area contributed by atoms with Gasteiger partial charge in [-0.2, -0.15) is 5.10 Å². The number of aromatic nitrogens is 2. The molecule has 0 N–H and O–H groups in total. The van der Waals surface area contributed by atoms with Gasteiger partial charge in [-0.3, -0.25) is 0 Å². The van der Waals surface area contributed by atoms with E-state index in [0.717, 1.165) is 16.8 Å². The van der Waals surface area contributed by atoms with E-state index in [1.807, 2.05) is 43.5 Å². The van der Waals surface area contributed by atoms with Gasteiger partial charge in [0.2, 0.25) is 0 Å². The third kappa shape index (κ3) is 2.40. The standard InChI is InChI=1S/C16H13FN2/c1-12-5-7-16(8-6-12)19-11-14(10-18-19)13-3-2-4-15(17)9-13/h2-11H,1H3. The van der Waals surface area contributed by atoms with Crippen molar-refractivity contribution in [2.45, 2.75) is 6.92 Å². The number of benzene rings is 2. The van der Waals surface area contributed by atoms with Gasteiger partial charge in [0.25, 0.3) is 0 Å². The predicted octanol–water partition coefficient (Wildman–Crippen LogP) is 3.99. The Kier molecular flexibility index (Phi) is 2.88. The smallest absolute Gasteiger partial charge is 0.123 e. The van der Waals surface area contributed by atoms with Gasteiger partial charge in [0.1, 0.15) is 5.82 Å². The molecule has 0 spiro atoms. The van der Waals surface area contributed by atoms with E-state index in [1.54, 1.807) is 16.9 Å². The maximum atomic E-state index is 13.2. The van der Waals surface area contributed by atoms with E-state index in [-0.39, 0.29) is 5.82 Å². The van der Waals surface area contributed by atoms with Crippen LogP contribution in [-0.4, -0.2) is 9.78 Å². The Hall–Kier alpha value is -2.42. The molecule has 0 aliphatic rings. The molecule has 1 aromatic heterocycles. The molecule has 0 bridgehead atoms.